The Morgan fingerprint density at radius 1 is 1.26 bits per heavy atom. The summed E-state index contributed by atoms with van der Waals surface area (Å²) in [4.78, 5) is 13.5. The maximum Gasteiger partial charge on any atom is 0.248 e. The molecule has 1 saturated carbocycles. The van der Waals surface area contributed by atoms with Crippen LogP contribution >= 0.6 is 11.3 Å². The van der Waals surface area contributed by atoms with Gasteiger partial charge >= 0.3 is 0 Å². The lowest BCUT2D eigenvalue weighted by Gasteiger charge is -2.29. The Morgan fingerprint density at radius 3 is 2.61 bits per heavy atom. The van der Waals surface area contributed by atoms with Gasteiger partial charge in [-0.15, -0.1) is 11.3 Å². The summed E-state index contributed by atoms with van der Waals surface area (Å²) in [7, 11) is 0. The molecule has 0 bridgehead atoms. The van der Waals surface area contributed by atoms with Crippen molar-refractivity contribution in [3.63, 3.8) is 0 Å². The van der Waals surface area contributed by atoms with Crippen molar-refractivity contribution in [2.24, 2.45) is 0 Å². The first-order valence-electron chi connectivity index (χ1n) is 7.90. The van der Waals surface area contributed by atoms with E-state index in [1.807, 2.05) is 25.3 Å². The molecule has 2 heterocycles. The first kappa shape index (κ1) is 16.2. The molecule has 1 aliphatic carbocycles. The summed E-state index contributed by atoms with van der Waals surface area (Å²) in [5.74, 6) is -1.21. The summed E-state index contributed by atoms with van der Waals surface area (Å²) in [6.07, 6.45) is 1.59. The molecule has 0 radical (unpaired) electrons. The molecule has 124 valence electrons. The second-order valence-electron chi connectivity index (χ2n) is 5.99. The molecule has 0 spiro atoms. The normalized spacial score (nSPS) is 18.1. The van der Waals surface area contributed by atoms with E-state index >= 15 is 0 Å². The van der Waals surface area contributed by atoms with Crippen LogP contribution in [0.1, 0.15) is 44.0 Å². The minimum atomic E-state index is -2.51. The topological polar surface area (TPSA) is 50.7 Å². The molecule has 4 nitrogen and oxygen atoms in total. The highest BCUT2D eigenvalue weighted by Crippen LogP contribution is 2.34. The van der Waals surface area contributed by atoms with Gasteiger partial charge in [0.2, 0.25) is 5.92 Å². The lowest BCUT2D eigenvalue weighted by Crippen LogP contribution is -2.32. The number of halogens is 2. The molecular weight excluding hydrogens is 318 g/mol. The monoisotopic (exact) mass is 338 g/mol. The van der Waals surface area contributed by atoms with E-state index in [4.69, 9.17) is 0 Å². The van der Waals surface area contributed by atoms with Gasteiger partial charge in [-0.05, 0) is 26.2 Å². The molecular formula is C16H20F2N4S. The molecule has 0 atom stereocenters. The second-order valence-corrected chi connectivity index (χ2v) is 6.85. The van der Waals surface area contributed by atoms with E-state index in [0.29, 0.717) is 24.5 Å². The average molecular weight is 338 g/mol. The largest absolute Gasteiger partial charge is 0.367 e. The van der Waals surface area contributed by atoms with Crippen LogP contribution in [-0.4, -0.2) is 26.9 Å². The minimum Gasteiger partial charge on any atom is -0.367 e. The number of nitrogens with zero attached hydrogens (tertiary/aromatic N) is 3. The van der Waals surface area contributed by atoms with Gasteiger partial charge in [-0.25, -0.2) is 23.7 Å². The zero-order valence-electron chi connectivity index (χ0n) is 13.3. The van der Waals surface area contributed by atoms with Crippen LogP contribution < -0.4 is 5.32 Å². The van der Waals surface area contributed by atoms with E-state index in [1.54, 1.807) is 0 Å². The summed E-state index contributed by atoms with van der Waals surface area (Å²) in [6, 6.07) is 1.94. The molecule has 0 unspecified atom stereocenters. The number of rotatable bonds is 4. The Labute approximate surface area is 138 Å². The van der Waals surface area contributed by atoms with Crippen LogP contribution in [0.25, 0.3) is 10.8 Å². The predicted octanol–water partition coefficient (Wildman–Crippen LogP) is 4.46. The molecule has 0 amide bonds. The maximum atomic E-state index is 13.3. The number of anilines is 1. The van der Waals surface area contributed by atoms with Crippen molar-refractivity contribution in [3.8, 4) is 10.8 Å². The molecule has 1 fully saturated rings. The fourth-order valence-corrected chi connectivity index (χ4v) is 3.43. The van der Waals surface area contributed by atoms with Crippen LogP contribution in [0.4, 0.5) is 14.6 Å². The van der Waals surface area contributed by atoms with Gasteiger partial charge in [0.25, 0.3) is 0 Å². The highest BCUT2D eigenvalue weighted by molar-refractivity contribution is 7.13. The van der Waals surface area contributed by atoms with Crippen LogP contribution in [0.3, 0.4) is 0 Å². The van der Waals surface area contributed by atoms with Gasteiger partial charge in [0.05, 0.1) is 0 Å². The standard InChI is InChI=1S/C16H20F2N4S/c1-3-11-8-13(20-12-4-6-16(17,18)7-5-12)22-14(21-11)15-19-10(2)9-23-15/h8-9,12H,3-7H2,1-2H3,(H,20,21,22). The van der Waals surface area contributed by atoms with Gasteiger partial charge in [0.1, 0.15) is 5.82 Å². The van der Waals surface area contributed by atoms with Crippen LogP contribution in [-0.2, 0) is 6.42 Å². The van der Waals surface area contributed by atoms with Gasteiger partial charge < -0.3 is 5.32 Å². The zero-order valence-corrected chi connectivity index (χ0v) is 14.1. The number of hydrogen-bond donors (Lipinski definition) is 1. The fourth-order valence-electron chi connectivity index (χ4n) is 2.70. The summed E-state index contributed by atoms with van der Waals surface area (Å²) >= 11 is 1.51. The average Bonchev–Trinajstić information content (AvgIpc) is 2.96. The van der Waals surface area contributed by atoms with Crippen molar-refractivity contribution in [3.05, 3.63) is 22.8 Å². The number of aryl methyl sites for hydroxylation is 2. The third-order valence-electron chi connectivity index (χ3n) is 4.02. The summed E-state index contributed by atoms with van der Waals surface area (Å²) in [5, 5.41) is 6.06. The van der Waals surface area contributed by atoms with Crippen molar-refractivity contribution in [1.82, 2.24) is 15.0 Å². The molecule has 0 saturated heterocycles. The SMILES string of the molecule is CCc1cc(NC2CCC(F)(F)CC2)nc(-c2nc(C)cs2)n1. The molecule has 1 N–H and O–H groups in total. The first-order chi connectivity index (χ1) is 10.9. The van der Waals surface area contributed by atoms with Crippen molar-refractivity contribution in [2.45, 2.75) is 57.9 Å². The van der Waals surface area contributed by atoms with Gasteiger partial charge in [0.15, 0.2) is 10.8 Å². The Bertz CT molecular complexity index is 676. The van der Waals surface area contributed by atoms with Crippen molar-refractivity contribution in [2.75, 3.05) is 5.32 Å². The molecule has 1 aliphatic rings. The molecule has 7 heteroatoms. The number of nitrogens with one attached hydrogen (secondary N) is 1. The zero-order chi connectivity index (χ0) is 16.4. The lowest BCUT2D eigenvalue weighted by molar-refractivity contribution is -0.0361. The van der Waals surface area contributed by atoms with Gasteiger partial charge in [-0.3, -0.25) is 0 Å². The summed E-state index contributed by atoms with van der Waals surface area (Å²) in [5.41, 5.74) is 1.87. The van der Waals surface area contributed by atoms with E-state index in [2.05, 4.69) is 20.3 Å². The van der Waals surface area contributed by atoms with Crippen LogP contribution in [0, 0.1) is 6.92 Å². The van der Waals surface area contributed by atoms with Crippen LogP contribution in [0.5, 0.6) is 0 Å². The van der Waals surface area contributed by atoms with E-state index in [1.165, 1.54) is 11.3 Å². The number of aromatic nitrogens is 3. The highest BCUT2D eigenvalue weighted by atomic mass is 32.1. The Morgan fingerprint density at radius 2 is 2.00 bits per heavy atom. The molecule has 23 heavy (non-hydrogen) atoms. The fraction of sp³-hybridized carbons (Fsp3) is 0.562. The second kappa shape index (κ2) is 6.47. The number of alkyl halides is 2. The highest BCUT2D eigenvalue weighted by Gasteiger charge is 2.34. The van der Waals surface area contributed by atoms with Crippen molar-refractivity contribution < 1.29 is 8.78 Å². The van der Waals surface area contributed by atoms with E-state index < -0.39 is 5.92 Å². The number of thiazole rings is 1. The van der Waals surface area contributed by atoms with Gasteiger partial charge in [0, 0.05) is 41.7 Å². The maximum absolute atomic E-state index is 13.3. The van der Waals surface area contributed by atoms with Crippen LogP contribution in [0.2, 0.25) is 0 Å². The predicted molar refractivity (Wildman–Crippen MR) is 88.1 cm³/mol. The van der Waals surface area contributed by atoms with Crippen LogP contribution in [0.15, 0.2) is 11.4 Å². The molecule has 0 aliphatic heterocycles. The molecule has 2 aromatic rings. The number of hydrogen-bond acceptors (Lipinski definition) is 5. The van der Waals surface area contributed by atoms with Gasteiger partial charge in [-0.1, -0.05) is 6.92 Å². The quantitative estimate of drug-likeness (QED) is 0.894. The van der Waals surface area contributed by atoms with E-state index in [-0.39, 0.29) is 18.9 Å². The smallest absolute Gasteiger partial charge is 0.248 e. The molecule has 2 aromatic heterocycles. The Kier molecular flexibility index (Phi) is 4.57. The Balaban J connectivity index is 1.79. The van der Waals surface area contributed by atoms with Crippen molar-refractivity contribution >= 4 is 17.2 Å². The third-order valence-corrected chi connectivity index (χ3v) is 4.98. The first-order valence-corrected chi connectivity index (χ1v) is 8.78. The Hall–Kier alpha value is -1.63. The van der Waals surface area contributed by atoms with Gasteiger partial charge in [-0.2, -0.15) is 0 Å². The third kappa shape index (κ3) is 4.02. The van der Waals surface area contributed by atoms with Crippen molar-refractivity contribution in [1.29, 1.82) is 0 Å². The molecule has 3 rings (SSSR count). The van der Waals surface area contributed by atoms with E-state index in [9.17, 15) is 8.78 Å². The minimum absolute atomic E-state index is 0.0418. The lowest BCUT2D eigenvalue weighted by atomic mass is 9.92. The van der Waals surface area contributed by atoms with E-state index in [0.717, 1.165) is 22.8 Å². The molecule has 0 aromatic carbocycles. The summed E-state index contributed by atoms with van der Waals surface area (Å²) < 4.78 is 26.5. The summed E-state index contributed by atoms with van der Waals surface area (Å²) in [6.45, 7) is 3.97.